The molecule has 0 aliphatic carbocycles. The van der Waals surface area contributed by atoms with Crippen LogP contribution in [0.15, 0.2) is 18.2 Å². The lowest BCUT2D eigenvalue weighted by molar-refractivity contribution is 0.118. The first-order valence-electron chi connectivity index (χ1n) is 4.95. The molecule has 0 saturated heterocycles. The minimum atomic E-state index is -0.493. The Labute approximate surface area is 105 Å². The third-order valence-corrected chi connectivity index (χ3v) is 2.79. The molecule has 0 aromatic heterocycles. The molecule has 1 amide bonds. The Morgan fingerprint density at radius 1 is 1.44 bits per heavy atom. The predicted molar refractivity (Wildman–Crippen MR) is 66.3 cm³/mol. The zero-order valence-electron chi connectivity index (χ0n) is 9.09. The lowest BCUT2D eigenvalue weighted by Crippen LogP contribution is -2.19. The Morgan fingerprint density at radius 2 is 2.12 bits per heavy atom. The van der Waals surface area contributed by atoms with E-state index >= 15 is 0 Å². The first-order valence-corrected chi connectivity index (χ1v) is 5.71. The van der Waals surface area contributed by atoms with Crippen molar-refractivity contribution in [2.24, 2.45) is 0 Å². The SMILES string of the molecule is CCC(C)OC(=O)Nc1ccc(Cl)c(Cl)c1. The van der Waals surface area contributed by atoms with Crippen LogP contribution in [0.4, 0.5) is 10.5 Å². The first kappa shape index (κ1) is 13.1. The van der Waals surface area contributed by atoms with Crippen LogP contribution in [0.2, 0.25) is 10.0 Å². The van der Waals surface area contributed by atoms with Gasteiger partial charge in [0.1, 0.15) is 6.10 Å². The van der Waals surface area contributed by atoms with E-state index in [0.29, 0.717) is 15.7 Å². The summed E-state index contributed by atoms with van der Waals surface area (Å²) < 4.78 is 5.05. The Kier molecular flexibility index (Phi) is 4.90. The highest BCUT2D eigenvalue weighted by molar-refractivity contribution is 6.42. The minimum Gasteiger partial charge on any atom is -0.446 e. The van der Waals surface area contributed by atoms with E-state index in [9.17, 15) is 4.79 Å². The van der Waals surface area contributed by atoms with Crippen LogP contribution >= 0.6 is 23.2 Å². The molecule has 0 radical (unpaired) electrons. The van der Waals surface area contributed by atoms with E-state index in [1.54, 1.807) is 18.2 Å². The van der Waals surface area contributed by atoms with E-state index in [4.69, 9.17) is 27.9 Å². The molecule has 5 heteroatoms. The van der Waals surface area contributed by atoms with Crippen molar-refractivity contribution in [2.75, 3.05) is 5.32 Å². The van der Waals surface area contributed by atoms with Crippen LogP contribution in [0.3, 0.4) is 0 Å². The van der Waals surface area contributed by atoms with Crippen molar-refractivity contribution >= 4 is 35.0 Å². The maximum atomic E-state index is 11.4. The molecule has 1 rings (SSSR count). The molecule has 0 aliphatic rings. The highest BCUT2D eigenvalue weighted by atomic mass is 35.5. The van der Waals surface area contributed by atoms with Gasteiger partial charge in [-0.15, -0.1) is 0 Å². The average Bonchev–Trinajstić information content (AvgIpc) is 2.23. The average molecular weight is 262 g/mol. The molecular formula is C11H13Cl2NO2. The quantitative estimate of drug-likeness (QED) is 0.879. The van der Waals surface area contributed by atoms with Gasteiger partial charge in [0.05, 0.1) is 10.0 Å². The van der Waals surface area contributed by atoms with Crippen molar-refractivity contribution in [1.82, 2.24) is 0 Å². The summed E-state index contributed by atoms with van der Waals surface area (Å²) in [5.74, 6) is 0. The van der Waals surface area contributed by atoms with Gasteiger partial charge in [-0.05, 0) is 31.5 Å². The second kappa shape index (κ2) is 5.97. The first-order chi connectivity index (χ1) is 7.52. The second-order valence-electron chi connectivity index (χ2n) is 3.38. The summed E-state index contributed by atoms with van der Waals surface area (Å²) in [4.78, 5) is 11.4. The fourth-order valence-corrected chi connectivity index (χ4v) is 1.29. The van der Waals surface area contributed by atoms with Crippen LogP contribution in [0.1, 0.15) is 20.3 Å². The summed E-state index contributed by atoms with van der Waals surface area (Å²) in [6, 6.07) is 4.84. The van der Waals surface area contributed by atoms with Gasteiger partial charge in [0, 0.05) is 5.69 Å². The summed E-state index contributed by atoms with van der Waals surface area (Å²) in [6.07, 6.45) is 0.171. The van der Waals surface area contributed by atoms with Crippen LogP contribution in [0.25, 0.3) is 0 Å². The summed E-state index contributed by atoms with van der Waals surface area (Å²) >= 11 is 11.6. The van der Waals surface area contributed by atoms with Crippen molar-refractivity contribution in [3.05, 3.63) is 28.2 Å². The van der Waals surface area contributed by atoms with Crippen LogP contribution in [-0.2, 0) is 4.74 Å². The number of hydrogen-bond acceptors (Lipinski definition) is 2. The molecule has 0 saturated carbocycles. The molecule has 3 nitrogen and oxygen atoms in total. The summed E-state index contributed by atoms with van der Waals surface area (Å²) in [7, 11) is 0. The monoisotopic (exact) mass is 261 g/mol. The number of anilines is 1. The molecule has 0 fully saturated rings. The van der Waals surface area contributed by atoms with Gasteiger partial charge >= 0.3 is 6.09 Å². The predicted octanol–water partition coefficient (Wildman–Crippen LogP) is 4.34. The summed E-state index contributed by atoms with van der Waals surface area (Å²) in [5.41, 5.74) is 0.558. The van der Waals surface area contributed by atoms with Crippen molar-refractivity contribution in [3.63, 3.8) is 0 Å². The van der Waals surface area contributed by atoms with Crippen LogP contribution < -0.4 is 5.32 Å². The molecule has 0 heterocycles. The number of amides is 1. The van der Waals surface area contributed by atoms with Crippen molar-refractivity contribution in [3.8, 4) is 0 Å². The lowest BCUT2D eigenvalue weighted by Gasteiger charge is -2.12. The minimum absolute atomic E-state index is 0.109. The topological polar surface area (TPSA) is 38.3 Å². The number of rotatable bonds is 3. The van der Waals surface area contributed by atoms with Gasteiger partial charge in [0.25, 0.3) is 0 Å². The molecule has 88 valence electrons. The smallest absolute Gasteiger partial charge is 0.411 e. The number of hydrogen-bond donors (Lipinski definition) is 1. The molecule has 0 aliphatic heterocycles. The largest absolute Gasteiger partial charge is 0.446 e. The molecule has 1 N–H and O–H groups in total. The lowest BCUT2D eigenvalue weighted by atomic mass is 10.3. The number of halogens is 2. The Balaban J connectivity index is 2.59. The molecule has 0 bridgehead atoms. The van der Waals surface area contributed by atoms with Crippen LogP contribution in [0, 0.1) is 0 Å². The number of benzene rings is 1. The number of ether oxygens (including phenoxy) is 1. The number of nitrogens with one attached hydrogen (secondary N) is 1. The van der Waals surface area contributed by atoms with Crippen molar-refractivity contribution < 1.29 is 9.53 Å². The number of carbonyl (C=O) groups excluding carboxylic acids is 1. The van der Waals surface area contributed by atoms with E-state index in [0.717, 1.165) is 6.42 Å². The third kappa shape index (κ3) is 3.91. The molecule has 1 aromatic rings. The van der Waals surface area contributed by atoms with Gasteiger partial charge in [-0.1, -0.05) is 30.1 Å². The molecule has 0 spiro atoms. The van der Waals surface area contributed by atoms with Gasteiger partial charge in [-0.2, -0.15) is 0 Å². The van der Waals surface area contributed by atoms with E-state index in [-0.39, 0.29) is 6.10 Å². The van der Waals surface area contributed by atoms with E-state index in [1.807, 2.05) is 13.8 Å². The van der Waals surface area contributed by atoms with E-state index in [1.165, 1.54) is 0 Å². The molecule has 16 heavy (non-hydrogen) atoms. The highest BCUT2D eigenvalue weighted by Gasteiger charge is 2.08. The maximum Gasteiger partial charge on any atom is 0.411 e. The Morgan fingerprint density at radius 3 is 2.69 bits per heavy atom. The van der Waals surface area contributed by atoms with Gasteiger partial charge in [-0.3, -0.25) is 5.32 Å². The molecule has 1 unspecified atom stereocenters. The fourth-order valence-electron chi connectivity index (χ4n) is 0.987. The highest BCUT2D eigenvalue weighted by Crippen LogP contribution is 2.25. The van der Waals surface area contributed by atoms with Crippen molar-refractivity contribution in [1.29, 1.82) is 0 Å². The van der Waals surface area contributed by atoms with Gasteiger partial charge in [0.15, 0.2) is 0 Å². The summed E-state index contributed by atoms with van der Waals surface area (Å²) in [6.45, 7) is 3.77. The zero-order valence-corrected chi connectivity index (χ0v) is 10.6. The van der Waals surface area contributed by atoms with Gasteiger partial charge in [-0.25, -0.2) is 4.79 Å². The van der Waals surface area contributed by atoms with Crippen molar-refractivity contribution in [2.45, 2.75) is 26.4 Å². The Bertz CT molecular complexity index is 382. The van der Waals surface area contributed by atoms with Gasteiger partial charge in [0.2, 0.25) is 0 Å². The second-order valence-corrected chi connectivity index (χ2v) is 4.19. The molecule has 1 aromatic carbocycles. The standard InChI is InChI=1S/C11H13Cl2NO2/c1-3-7(2)16-11(15)14-8-4-5-9(12)10(13)6-8/h4-7H,3H2,1-2H3,(H,14,15). The van der Waals surface area contributed by atoms with Crippen LogP contribution in [0.5, 0.6) is 0 Å². The molecule has 1 atom stereocenters. The van der Waals surface area contributed by atoms with Gasteiger partial charge < -0.3 is 4.74 Å². The fraction of sp³-hybridized carbons (Fsp3) is 0.364. The Hall–Kier alpha value is -0.930. The third-order valence-electron chi connectivity index (χ3n) is 2.05. The van der Waals surface area contributed by atoms with Crippen LogP contribution in [-0.4, -0.2) is 12.2 Å². The normalized spacial score (nSPS) is 12.0. The van der Waals surface area contributed by atoms with E-state index < -0.39 is 6.09 Å². The maximum absolute atomic E-state index is 11.4. The zero-order chi connectivity index (χ0) is 12.1. The van der Waals surface area contributed by atoms with E-state index in [2.05, 4.69) is 5.32 Å². The molecular weight excluding hydrogens is 249 g/mol. The summed E-state index contributed by atoms with van der Waals surface area (Å²) in [5, 5.41) is 3.41. The number of carbonyl (C=O) groups is 1.